The van der Waals surface area contributed by atoms with Crippen LogP contribution in [0.1, 0.15) is 60.3 Å². The molecule has 246 valence electrons. The van der Waals surface area contributed by atoms with E-state index in [1.807, 2.05) is 30.9 Å². The van der Waals surface area contributed by atoms with Gasteiger partial charge in [-0.3, -0.25) is 14.4 Å². The molecule has 2 amide bonds. The predicted molar refractivity (Wildman–Crippen MR) is 165 cm³/mol. The van der Waals surface area contributed by atoms with Crippen molar-refractivity contribution in [1.29, 1.82) is 0 Å². The lowest BCUT2D eigenvalue weighted by Crippen LogP contribution is -2.52. The van der Waals surface area contributed by atoms with Crippen molar-refractivity contribution >= 4 is 17.8 Å². The van der Waals surface area contributed by atoms with E-state index in [0.29, 0.717) is 25.9 Å². The topological polar surface area (TPSA) is 130 Å². The number of esters is 1. The number of hydrogen-bond donors (Lipinski definition) is 2. The van der Waals surface area contributed by atoms with E-state index in [4.69, 9.17) is 18.9 Å². The summed E-state index contributed by atoms with van der Waals surface area (Å²) in [5.41, 5.74) is 0.398. The molecule has 11 heteroatoms. The van der Waals surface area contributed by atoms with Crippen LogP contribution in [0.25, 0.3) is 0 Å². The van der Waals surface area contributed by atoms with Gasteiger partial charge in [0.1, 0.15) is 23.9 Å². The molecule has 11 nitrogen and oxygen atoms in total. The van der Waals surface area contributed by atoms with Crippen LogP contribution < -0.4 is 5.32 Å². The van der Waals surface area contributed by atoms with Crippen LogP contribution in [0.4, 0.5) is 0 Å². The number of amides is 2. The maximum absolute atomic E-state index is 12.9. The molecule has 2 N–H and O–H groups in total. The third-order valence-electron chi connectivity index (χ3n) is 9.18. The molecule has 4 heterocycles. The van der Waals surface area contributed by atoms with E-state index in [1.165, 1.54) is 13.0 Å². The maximum atomic E-state index is 12.9. The fourth-order valence-electron chi connectivity index (χ4n) is 6.27. The molecule has 0 aliphatic carbocycles. The van der Waals surface area contributed by atoms with Gasteiger partial charge in [-0.05, 0) is 52.7 Å². The lowest BCUT2D eigenvalue weighted by molar-refractivity contribution is -0.152. The number of rotatable bonds is 10. The Hall–Kier alpha value is -2.57. The molecule has 0 aromatic heterocycles. The zero-order valence-corrected chi connectivity index (χ0v) is 27.1. The van der Waals surface area contributed by atoms with E-state index in [1.54, 1.807) is 13.0 Å². The summed E-state index contributed by atoms with van der Waals surface area (Å²) >= 11 is 0. The summed E-state index contributed by atoms with van der Waals surface area (Å²) in [6.07, 6.45) is 8.96. The van der Waals surface area contributed by atoms with Crippen molar-refractivity contribution in [3.8, 4) is 0 Å². The van der Waals surface area contributed by atoms with E-state index in [2.05, 4.69) is 30.3 Å². The molecule has 1 spiro atoms. The third kappa shape index (κ3) is 9.47. The van der Waals surface area contributed by atoms with Gasteiger partial charge in [-0.1, -0.05) is 30.7 Å². The third-order valence-corrected chi connectivity index (χ3v) is 9.18. The van der Waals surface area contributed by atoms with Crippen molar-refractivity contribution in [3.05, 3.63) is 36.0 Å². The summed E-state index contributed by atoms with van der Waals surface area (Å²) in [5, 5.41) is 14.0. The van der Waals surface area contributed by atoms with Gasteiger partial charge in [-0.2, -0.15) is 0 Å². The minimum Gasteiger partial charge on any atom is -0.459 e. The summed E-state index contributed by atoms with van der Waals surface area (Å²) in [4.78, 5) is 40.5. The average Bonchev–Trinajstić information content (AvgIpc) is 3.74. The van der Waals surface area contributed by atoms with Gasteiger partial charge in [0, 0.05) is 45.6 Å². The number of aliphatic hydroxyl groups is 1. The van der Waals surface area contributed by atoms with Crippen molar-refractivity contribution in [2.75, 3.05) is 39.8 Å². The van der Waals surface area contributed by atoms with Crippen molar-refractivity contribution in [2.24, 2.45) is 5.92 Å². The highest BCUT2D eigenvalue weighted by atomic mass is 16.6. The molecule has 4 aliphatic rings. The van der Waals surface area contributed by atoms with Crippen LogP contribution in [0.3, 0.4) is 0 Å². The molecule has 0 aromatic carbocycles. The van der Waals surface area contributed by atoms with Gasteiger partial charge in [0.15, 0.2) is 0 Å². The summed E-state index contributed by atoms with van der Waals surface area (Å²) in [6, 6.07) is -0.120. The standard InChI is InChI=1S/C33H51N3O8/c1-21(7-10-28-22(2)17-27(24(4)43-28)34-30(38)12-9-23(3)42-25(5)37)8-11-29-32(40)33(20-41-33)19-26(44-29)18-31(39)36-15-13-35(6)14-16-36/h7-9,11-12,22-24,26-29,32,40H,10,13-20H2,1-6H3,(H,34,38)/b11-8+,12-9-,21-7+/t22-,23-,24+,26+,27+,28-,29+,32+,33+/m0/s1. The van der Waals surface area contributed by atoms with Crippen LogP contribution in [-0.2, 0) is 33.3 Å². The van der Waals surface area contributed by atoms with Crippen LogP contribution in [0.2, 0.25) is 0 Å². The second kappa shape index (κ2) is 15.1. The highest BCUT2D eigenvalue weighted by Gasteiger charge is 2.58. The molecular formula is C33H51N3O8. The monoisotopic (exact) mass is 617 g/mol. The van der Waals surface area contributed by atoms with Gasteiger partial charge in [-0.15, -0.1) is 0 Å². The second-order valence-corrected chi connectivity index (χ2v) is 13.0. The molecule has 0 aromatic rings. The van der Waals surface area contributed by atoms with Gasteiger partial charge in [-0.25, -0.2) is 0 Å². The molecular weight excluding hydrogens is 566 g/mol. The van der Waals surface area contributed by atoms with Crippen LogP contribution >= 0.6 is 0 Å². The average molecular weight is 618 g/mol. The van der Waals surface area contributed by atoms with Crippen molar-refractivity contribution in [2.45, 2.75) is 109 Å². The van der Waals surface area contributed by atoms with Crippen LogP contribution in [-0.4, -0.2) is 121 Å². The van der Waals surface area contributed by atoms with Crippen molar-refractivity contribution in [1.82, 2.24) is 15.1 Å². The first-order valence-electron chi connectivity index (χ1n) is 16.0. The lowest BCUT2D eigenvalue weighted by atomic mass is 9.87. The summed E-state index contributed by atoms with van der Waals surface area (Å²) in [7, 11) is 2.06. The minimum atomic E-state index is -0.782. The number of likely N-dealkylation sites (N-methyl/N-ethyl adjacent to an activating group) is 1. The molecule has 44 heavy (non-hydrogen) atoms. The van der Waals surface area contributed by atoms with Crippen molar-refractivity contribution < 1.29 is 38.4 Å². The molecule has 4 fully saturated rings. The molecule has 4 aliphatic heterocycles. The number of hydrogen-bond acceptors (Lipinski definition) is 9. The normalized spacial score (nSPS) is 35.7. The quantitative estimate of drug-likeness (QED) is 0.164. The van der Waals surface area contributed by atoms with Gasteiger partial charge < -0.3 is 39.2 Å². The van der Waals surface area contributed by atoms with E-state index in [-0.39, 0.29) is 42.1 Å². The summed E-state index contributed by atoms with van der Waals surface area (Å²) in [6.45, 7) is 12.8. The summed E-state index contributed by atoms with van der Waals surface area (Å²) in [5.74, 6) is -0.317. The van der Waals surface area contributed by atoms with E-state index >= 15 is 0 Å². The lowest BCUT2D eigenvalue weighted by Gasteiger charge is -2.39. The molecule has 9 atom stereocenters. The number of epoxide rings is 1. The second-order valence-electron chi connectivity index (χ2n) is 13.0. The number of nitrogens with zero attached hydrogens (tertiary/aromatic N) is 2. The zero-order valence-electron chi connectivity index (χ0n) is 27.1. The largest absolute Gasteiger partial charge is 0.459 e. The Morgan fingerprint density at radius 2 is 1.82 bits per heavy atom. The number of allylic oxidation sites excluding steroid dienone is 2. The Balaban J connectivity index is 1.26. The smallest absolute Gasteiger partial charge is 0.303 e. The SMILES string of the molecule is CC(=O)O[C@@H](C)/C=C\C(=O)N[C@@H]1C[C@H](C)[C@H](C/C=C(C)/C=C/[C@H]2O[C@H](CC(=O)N3CCN(C)CC3)C[C@@]3(CO3)[C@@H]2O)O[C@@H]1C. The number of piperazine rings is 1. The Kier molecular flexibility index (Phi) is 11.8. The molecule has 0 unspecified atom stereocenters. The number of ether oxygens (including phenoxy) is 4. The minimum absolute atomic E-state index is 0.00524. The predicted octanol–water partition coefficient (Wildman–Crippen LogP) is 2.14. The number of carbonyl (C=O) groups excluding carboxylic acids is 3. The van der Waals surface area contributed by atoms with Gasteiger partial charge in [0.05, 0.1) is 37.4 Å². The fourth-order valence-corrected chi connectivity index (χ4v) is 6.27. The van der Waals surface area contributed by atoms with E-state index in [9.17, 15) is 19.5 Å². The zero-order chi connectivity index (χ0) is 32.0. The van der Waals surface area contributed by atoms with Gasteiger partial charge in [0.25, 0.3) is 0 Å². The maximum Gasteiger partial charge on any atom is 0.303 e. The molecule has 0 saturated carbocycles. The molecule has 0 radical (unpaired) electrons. The number of nitrogens with one attached hydrogen (secondary N) is 1. The molecule has 4 saturated heterocycles. The Morgan fingerprint density at radius 1 is 1.11 bits per heavy atom. The first kappa shape index (κ1) is 34.3. The molecule has 0 bridgehead atoms. The molecule has 4 rings (SSSR count). The number of aliphatic hydroxyl groups excluding tert-OH is 1. The van der Waals surface area contributed by atoms with E-state index < -0.39 is 29.9 Å². The van der Waals surface area contributed by atoms with E-state index in [0.717, 1.165) is 38.2 Å². The van der Waals surface area contributed by atoms with Crippen molar-refractivity contribution in [3.63, 3.8) is 0 Å². The first-order valence-corrected chi connectivity index (χ1v) is 16.0. The van der Waals surface area contributed by atoms with Gasteiger partial charge >= 0.3 is 5.97 Å². The van der Waals surface area contributed by atoms with Gasteiger partial charge in [0.2, 0.25) is 11.8 Å². The fraction of sp³-hybridized carbons (Fsp3) is 0.727. The highest BCUT2D eigenvalue weighted by Crippen LogP contribution is 2.43. The summed E-state index contributed by atoms with van der Waals surface area (Å²) < 4.78 is 23.3. The van der Waals surface area contributed by atoms with Crippen LogP contribution in [0, 0.1) is 5.92 Å². The highest BCUT2D eigenvalue weighted by molar-refractivity contribution is 5.87. The Morgan fingerprint density at radius 3 is 2.48 bits per heavy atom. The van der Waals surface area contributed by atoms with Crippen LogP contribution in [0.5, 0.6) is 0 Å². The van der Waals surface area contributed by atoms with Crippen LogP contribution in [0.15, 0.2) is 36.0 Å². The Bertz CT molecular complexity index is 1110. The Labute approximate surface area is 261 Å². The number of carbonyl (C=O) groups is 3. The first-order chi connectivity index (χ1) is 20.8.